The van der Waals surface area contributed by atoms with Gasteiger partial charge in [0.05, 0.1) is 6.10 Å². The van der Waals surface area contributed by atoms with Crippen molar-refractivity contribution in [1.29, 1.82) is 0 Å². The van der Waals surface area contributed by atoms with Crippen LogP contribution >= 0.6 is 0 Å². The van der Waals surface area contributed by atoms with Gasteiger partial charge >= 0.3 is 0 Å². The molecule has 17 heavy (non-hydrogen) atoms. The van der Waals surface area contributed by atoms with Crippen LogP contribution in [0.1, 0.15) is 38.4 Å². The summed E-state index contributed by atoms with van der Waals surface area (Å²) in [6.07, 6.45) is 1.73. The van der Waals surface area contributed by atoms with Gasteiger partial charge in [-0.1, -0.05) is 6.07 Å². The number of hydrogen-bond acceptors (Lipinski definition) is 2. The van der Waals surface area contributed by atoms with Crippen molar-refractivity contribution in [1.82, 2.24) is 0 Å². The van der Waals surface area contributed by atoms with Crippen molar-refractivity contribution in [3.63, 3.8) is 0 Å². The largest absolute Gasteiger partial charge is 0.389 e. The number of anilines is 1. The number of hydrogen-bond donors (Lipinski definition) is 1. The zero-order valence-corrected chi connectivity index (χ0v) is 10.7. The Labute approximate surface area is 102 Å². The quantitative estimate of drug-likeness (QED) is 0.869. The summed E-state index contributed by atoms with van der Waals surface area (Å²) in [4.78, 5) is 2.09. The van der Waals surface area contributed by atoms with Crippen molar-refractivity contribution in [2.75, 3.05) is 11.9 Å². The van der Waals surface area contributed by atoms with Gasteiger partial charge in [0.2, 0.25) is 0 Å². The summed E-state index contributed by atoms with van der Waals surface area (Å²) in [6, 6.07) is 5.38. The highest BCUT2D eigenvalue weighted by molar-refractivity contribution is 5.55. The Kier molecular flexibility index (Phi) is 3.38. The summed E-state index contributed by atoms with van der Waals surface area (Å²) < 4.78 is 13.8. The molecule has 0 radical (unpaired) electrons. The van der Waals surface area contributed by atoms with Gasteiger partial charge in [-0.15, -0.1) is 0 Å². The highest BCUT2D eigenvalue weighted by Crippen LogP contribution is 2.38. The number of halogens is 1. The first kappa shape index (κ1) is 12.4. The summed E-state index contributed by atoms with van der Waals surface area (Å²) in [5.41, 5.74) is 1.21. The monoisotopic (exact) mass is 237 g/mol. The standard InChI is InChI=1S/C14H20FNO/c1-9(11-7-8-11)16(3)13-6-4-5-12(15)14(13)10(2)17/h4-6,9-11,17H,7-8H2,1-3H3/t9?,10-/m1/s1. The molecule has 1 fully saturated rings. The smallest absolute Gasteiger partial charge is 0.131 e. The van der Waals surface area contributed by atoms with Gasteiger partial charge in [0.1, 0.15) is 5.82 Å². The molecule has 0 bridgehead atoms. The first-order chi connectivity index (χ1) is 8.02. The zero-order valence-electron chi connectivity index (χ0n) is 10.7. The van der Waals surface area contributed by atoms with Crippen LogP contribution in [0.3, 0.4) is 0 Å². The van der Waals surface area contributed by atoms with E-state index in [0.717, 1.165) is 5.69 Å². The topological polar surface area (TPSA) is 23.5 Å². The maximum absolute atomic E-state index is 13.8. The van der Waals surface area contributed by atoms with E-state index in [1.165, 1.54) is 18.9 Å². The van der Waals surface area contributed by atoms with Crippen molar-refractivity contribution < 1.29 is 9.50 Å². The summed E-state index contributed by atoms with van der Waals surface area (Å²) >= 11 is 0. The Bertz CT molecular complexity index is 401. The van der Waals surface area contributed by atoms with E-state index in [2.05, 4.69) is 11.8 Å². The van der Waals surface area contributed by atoms with Crippen LogP contribution in [-0.2, 0) is 0 Å². The summed E-state index contributed by atoms with van der Waals surface area (Å²) in [7, 11) is 1.98. The minimum Gasteiger partial charge on any atom is -0.389 e. The molecule has 2 nitrogen and oxygen atoms in total. The maximum Gasteiger partial charge on any atom is 0.131 e. The van der Waals surface area contributed by atoms with Gasteiger partial charge in [0.25, 0.3) is 0 Å². The van der Waals surface area contributed by atoms with Crippen LogP contribution in [0, 0.1) is 11.7 Å². The molecule has 1 N–H and O–H groups in total. The van der Waals surface area contributed by atoms with E-state index in [1.807, 2.05) is 13.1 Å². The number of nitrogens with zero attached hydrogens (tertiary/aromatic N) is 1. The SMILES string of the molecule is CC(C1CC1)N(C)c1cccc(F)c1[C@@H](C)O. The fourth-order valence-corrected chi connectivity index (χ4v) is 2.36. The lowest BCUT2D eigenvalue weighted by Crippen LogP contribution is -2.31. The molecule has 2 rings (SSSR count). The number of aliphatic hydroxyl groups excluding tert-OH is 1. The normalized spacial score (nSPS) is 18.9. The Morgan fingerprint density at radius 3 is 2.53 bits per heavy atom. The Hall–Kier alpha value is -1.09. The predicted octanol–water partition coefficient (Wildman–Crippen LogP) is 3.11. The van der Waals surface area contributed by atoms with Gasteiger partial charge in [0.15, 0.2) is 0 Å². The second-order valence-electron chi connectivity index (χ2n) is 5.04. The molecule has 0 heterocycles. The molecule has 0 aliphatic heterocycles. The first-order valence-corrected chi connectivity index (χ1v) is 6.21. The molecule has 0 aromatic heterocycles. The van der Waals surface area contributed by atoms with Crippen molar-refractivity contribution >= 4 is 5.69 Å². The number of aliphatic hydroxyl groups is 1. The molecule has 3 heteroatoms. The van der Waals surface area contributed by atoms with Crippen molar-refractivity contribution in [2.24, 2.45) is 5.92 Å². The second kappa shape index (κ2) is 4.65. The molecule has 0 spiro atoms. The van der Waals surface area contributed by atoms with E-state index in [4.69, 9.17) is 0 Å². The Balaban J connectivity index is 2.33. The van der Waals surface area contributed by atoms with Crippen LogP contribution in [0.5, 0.6) is 0 Å². The Morgan fingerprint density at radius 1 is 1.35 bits per heavy atom. The highest BCUT2D eigenvalue weighted by atomic mass is 19.1. The van der Waals surface area contributed by atoms with Crippen LogP contribution in [0.4, 0.5) is 10.1 Å². The van der Waals surface area contributed by atoms with Crippen molar-refractivity contribution in [3.05, 3.63) is 29.6 Å². The van der Waals surface area contributed by atoms with Crippen LogP contribution in [0.25, 0.3) is 0 Å². The second-order valence-corrected chi connectivity index (χ2v) is 5.04. The van der Waals surface area contributed by atoms with Crippen LogP contribution in [-0.4, -0.2) is 18.2 Å². The first-order valence-electron chi connectivity index (χ1n) is 6.21. The van der Waals surface area contributed by atoms with Gasteiger partial charge in [-0.05, 0) is 44.7 Å². The lowest BCUT2D eigenvalue weighted by Gasteiger charge is -2.30. The number of rotatable bonds is 4. The van der Waals surface area contributed by atoms with Gasteiger partial charge < -0.3 is 10.0 Å². The highest BCUT2D eigenvalue weighted by Gasteiger charge is 2.31. The molecular weight excluding hydrogens is 217 g/mol. The Morgan fingerprint density at radius 2 is 2.00 bits per heavy atom. The van der Waals surface area contributed by atoms with E-state index in [9.17, 15) is 9.50 Å². The summed E-state index contributed by atoms with van der Waals surface area (Å²) in [5, 5.41) is 9.70. The van der Waals surface area contributed by atoms with Gasteiger partial charge in [-0.25, -0.2) is 4.39 Å². The molecular formula is C14H20FNO. The lowest BCUT2D eigenvalue weighted by molar-refractivity contribution is 0.194. The third-order valence-electron chi connectivity index (χ3n) is 3.74. The van der Waals surface area contributed by atoms with Gasteiger partial charge in [-0.3, -0.25) is 0 Å². The fourth-order valence-electron chi connectivity index (χ4n) is 2.36. The van der Waals surface area contributed by atoms with E-state index in [0.29, 0.717) is 17.5 Å². The molecule has 1 aliphatic rings. The average molecular weight is 237 g/mol. The number of benzene rings is 1. The van der Waals surface area contributed by atoms with E-state index < -0.39 is 6.10 Å². The molecule has 1 aromatic rings. The maximum atomic E-state index is 13.8. The van der Waals surface area contributed by atoms with Crippen LogP contribution < -0.4 is 4.90 Å². The van der Waals surface area contributed by atoms with Crippen molar-refractivity contribution in [2.45, 2.75) is 38.8 Å². The van der Waals surface area contributed by atoms with Crippen LogP contribution in [0.2, 0.25) is 0 Å². The van der Waals surface area contributed by atoms with Gasteiger partial charge in [0, 0.05) is 24.3 Å². The molecule has 1 saturated carbocycles. The minimum absolute atomic E-state index is 0.327. The molecule has 1 aromatic carbocycles. The molecule has 2 atom stereocenters. The third kappa shape index (κ3) is 2.44. The molecule has 0 amide bonds. The van der Waals surface area contributed by atoms with E-state index in [1.54, 1.807) is 13.0 Å². The van der Waals surface area contributed by atoms with E-state index in [-0.39, 0.29) is 5.82 Å². The molecule has 1 aliphatic carbocycles. The molecule has 1 unspecified atom stereocenters. The third-order valence-corrected chi connectivity index (χ3v) is 3.74. The zero-order chi connectivity index (χ0) is 12.6. The van der Waals surface area contributed by atoms with Gasteiger partial charge in [-0.2, -0.15) is 0 Å². The molecule has 0 saturated heterocycles. The van der Waals surface area contributed by atoms with E-state index >= 15 is 0 Å². The fraction of sp³-hybridized carbons (Fsp3) is 0.571. The lowest BCUT2D eigenvalue weighted by atomic mass is 10.0. The minimum atomic E-state index is -0.778. The average Bonchev–Trinajstić information content (AvgIpc) is 3.10. The molecule has 94 valence electrons. The predicted molar refractivity (Wildman–Crippen MR) is 67.6 cm³/mol. The van der Waals surface area contributed by atoms with Crippen molar-refractivity contribution in [3.8, 4) is 0 Å². The summed E-state index contributed by atoms with van der Waals surface area (Å²) in [6.45, 7) is 3.77. The van der Waals surface area contributed by atoms with Crippen LogP contribution in [0.15, 0.2) is 18.2 Å². The summed E-state index contributed by atoms with van der Waals surface area (Å²) in [5.74, 6) is 0.387.